The normalized spacial score (nSPS) is 34.3. The number of fused-ring (bicyclic) bond motifs is 3. The van der Waals surface area contributed by atoms with Crippen LogP contribution in [0.4, 0.5) is 23.4 Å². The quantitative estimate of drug-likeness (QED) is 0.505. The van der Waals surface area contributed by atoms with E-state index >= 15 is 8.78 Å². The van der Waals surface area contributed by atoms with Crippen molar-refractivity contribution in [3.63, 3.8) is 0 Å². The van der Waals surface area contributed by atoms with Crippen LogP contribution >= 0.6 is 0 Å². The van der Waals surface area contributed by atoms with Gasteiger partial charge in [-0.25, -0.2) is 22.5 Å². The van der Waals surface area contributed by atoms with Gasteiger partial charge in [-0.3, -0.25) is 14.2 Å². The molecule has 3 aromatic rings. The number of halogens is 4. The molecular formula is C28H26F4N4O2. The molecule has 1 N–H and O–H groups in total. The number of amides is 1. The number of carbonyl (C=O) groups excluding carboxylic acids is 1. The van der Waals surface area contributed by atoms with E-state index in [1.54, 1.807) is 25.1 Å². The van der Waals surface area contributed by atoms with Crippen molar-refractivity contribution in [2.75, 3.05) is 19.0 Å². The summed E-state index contributed by atoms with van der Waals surface area (Å²) in [7, 11) is 3.51. The molecule has 5 atom stereocenters. The van der Waals surface area contributed by atoms with Crippen molar-refractivity contribution in [1.29, 1.82) is 0 Å². The van der Waals surface area contributed by atoms with Crippen LogP contribution in [-0.4, -0.2) is 46.4 Å². The van der Waals surface area contributed by atoms with Crippen LogP contribution in [0.2, 0.25) is 0 Å². The highest BCUT2D eigenvalue weighted by Crippen LogP contribution is 2.80. The second kappa shape index (κ2) is 7.15. The monoisotopic (exact) mass is 526 g/mol. The van der Waals surface area contributed by atoms with E-state index in [1.165, 1.54) is 22.9 Å². The minimum absolute atomic E-state index is 0.00292. The Bertz CT molecular complexity index is 1620. The smallest absolute Gasteiger partial charge is 0.257 e. The lowest BCUT2D eigenvalue weighted by Crippen LogP contribution is -2.56. The van der Waals surface area contributed by atoms with Crippen LogP contribution in [-0.2, 0) is 0 Å². The molecule has 38 heavy (non-hydrogen) atoms. The first-order valence-electron chi connectivity index (χ1n) is 12.8. The summed E-state index contributed by atoms with van der Waals surface area (Å²) in [6, 6.07) is 6.11. The third-order valence-electron chi connectivity index (χ3n) is 9.51. The molecule has 7 rings (SSSR count). The summed E-state index contributed by atoms with van der Waals surface area (Å²) < 4.78 is 61.1. The van der Waals surface area contributed by atoms with E-state index in [2.05, 4.69) is 10.3 Å². The van der Waals surface area contributed by atoms with Crippen LogP contribution in [0.5, 0.6) is 0 Å². The molecule has 10 heteroatoms. The Morgan fingerprint density at radius 3 is 2.61 bits per heavy atom. The number of alkyl halides is 2. The number of nitrogens with zero attached hydrogens (tertiary/aromatic N) is 3. The van der Waals surface area contributed by atoms with Crippen molar-refractivity contribution in [3.8, 4) is 5.69 Å². The van der Waals surface area contributed by atoms with E-state index in [0.29, 0.717) is 31.1 Å². The molecule has 2 aromatic heterocycles. The van der Waals surface area contributed by atoms with Gasteiger partial charge in [0.2, 0.25) is 5.43 Å². The van der Waals surface area contributed by atoms with Gasteiger partial charge in [-0.2, -0.15) is 0 Å². The lowest BCUT2D eigenvalue weighted by Gasteiger charge is -2.53. The van der Waals surface area contributed by atoms with Crippen molar-refractivity contribution in [2.24, 2.45) is 11.3 Å². The molecule has 198 valence electrons. The highest BCUT2D eigenvalue weighted by molar-refractivity contribution is 5.98. The van der Waals surface area contributed by atoms with Crippen LogP contribution in [0.1, 0.15) is 48.9 Å². The predicted octanol–water partition coefficient (Wildman–Crippen LogP) is 4.61. The van der Waals surface area contributed by atoms with Crippen molar-refractivity contribution in [1.82, 2.24) is 14.9 Å². The van der Waals surface area contributed by atoms with Crippen LogP contribution in [0, 0.1) is 23.0 Å². The van der Waals surface area contributed by atoms with Gasteiger partial charge in [0, 0.05) is 50.2 Å². The summed E-state index contributed by atoms with van der Waals surface area (Å²) in [6.07, 6.45) is 2.38. The fourth-order valence-corrected chi connectivity index (χ4v) is 8.26. The highest BCUT2D eigenvalue weighted by Gasteiger charge is 2.83. The number of hydrogen-bond acceptors (Lipinski definition) is 4. The number of hydrogen-bond donors (Lipinski definition) is 1. The zero-order chi connectivity index (χ0) is 26.8. The molecule has 2 heterocycles. The van der Waals surface area contributed by atoms with E-state index in [-0.39, 0.29) is 47.5 Å². The SMILES string of the molecule is CN(C)c1ccc2c(=O)c(C(=O)NC34CC5CC6(F)CC(F)(C3)CC56C4)cn(-c3ccc(F)cc3F)c2n1. The van der Waals surface area contributed by atoms with E-state index in [0.717, 1.165) is 6.07 Å². The van der Waals surface area contributed by atoms with Gasteiger partial charge in [-0.05, 0) is 55.9 Å². The molecule has 1 spiro atoms. The topological polar surface area (TPSA) is 67.2 Å². The molecular weight excluding hydrogens is 500 g/mol. The standard InChI is InChI=1S/C28H26F4N4O2/c1-35(2)21-6-4-17-22(37)18(10-36(23(17)33-21)20-5-3-16(29)7-19(20)30)24(38)34-26-8-15-9-28(32)13-25(31,11-26)12-27(15,28)14-26/h3-7,10,15H,8-9,11-14H2,1-2H3,(H,34,38). The predicted molar refractivity (Wildman–Crippen MR) is 133 cm³/mol. The Balaban J connectivity index is 1.34. The fourth-order valence-electron chi connectivity index (χ4n) is 8.26. The summed E-state index contributed by atoms with van der Waals surface area (Å²) in [5, 5.41) is 3.00. The molecule has 4 aliphatic rings. The van der Waals surface area contributed by atoms with Gasteiger partial charge in [0.25, 0.3) is 5.91 Å². The third kappa shape index (κ3) is 2.97. The van der Waals surface area contributed by atoms with E-state index in [1.807, 2.05) is 0 Å². The van der Waals surface area contributed by atoms with Crippen molar-refractivity contribution in [3.05, 3.63) is 63.9 Å². The molecule has 0 aliphatic heterocycles. The van der Waals surface area contributed by atoms with E-state index in [9.17, 15) is 18.4 Å². The minimum Gasteiger partial charge on any atom is -0.363 e. The molecule has 5 unspecified atom stereocenters. The molecule has 0 saturated heterocycles. The molecule has 4 fully saturated rings. The van der Waals surface area contributed by atoms with Gasteiger partial charge >= 0.3 is 0 Å². The van der Waals surface area contributed by atoms with Crippen LogP contribution < -0.4 is 15.6 Å². The summed E-state index contributed by atoms with van der Waals surface area (Å²) in [5.74, 6) is -1.90. The maximum Gasteiger partial charge on any atom is 0.257 e. The van der Waals surface area contributed by atoms with Gasteiger partial charge in [-0.1, -0.05) is 0 Å². The van der Waals surface area contributed by atoms with E-state index < -0.39 is 45.3 Å². The molecule has 4 aliphatic carbocycles. The number of carbonyl (C=O) groups is 1. The maximum absolute atomic E-state index is 15.7. The highest BCUT2D eigenvalue weighted by atomic mass is 19.2. The fraction of sp³-hybridized carbons (Fsp3) is 0.464. The van der Waals surface area contributed by atoms with Crippen molar-refractivity contribution in [2.45, 2.75) is 55.4 Å². The van der Waals surface area contributed by atoms with Crippen molar-refractivity contribution < 1.29 is 22.4 Å². The first kappa shape index (κ1) is 23.7. The summed E-state index contributed by atoms with van der Waals surface area (Å²) in [5.41, 5.74) is -5.78. The van der Waals surface area contributed by atoms with Gasteiger partial charge in [0.1, 0.15) is 34.4 Å². The van der Waals surface area contributed by atoms with Crippen LogP contribution in [0.3, 0.4) is 0 Å². The average Bonchev–Trinajstić information content (AvgIpc) is 3.10. The number of anilines is 1. The molecule has 0 radical (unpaired) electrons. The zero-order valence-electron chi connectivity index (χ0n) is 21.0. The lowest BCUT2D eigenvalue weighted by molar-refractivity contribution is -0.121. The summed E-state index contributed by atoms with van der Waals surface area (Å²) in [6.45, 7) is 0. The van der Waals surface area contributed by atoms with Gasteiger partial charge in [0.05, 0.1) is 11.1 Å². The van der Waals surface area contributed by atoms with Crippen LogP contribution in [0.15, 0.2) is 41.3 Å². The molecule has 4 saturated carbocycles. The second-order valence-corrected chi connectivity index (χ2v) is 12.1. The van der Waals surface area contributed by atoms with Gasteiger partial charge < -0.3 is 10.2 Å². The maximum atomic E-state index is 15.7. The largest absolute Gasteiger partial charge is 0.363 e. The Hall–Kier alpha value is -3.43. The Labute approximate surface area is 215 Å². The third-order valence-corrected chi connectivity index (χ3v) is 9.51. The first-order valence-corrected chi connectivity index (χ1v) is 12.8. The van der Waals surface area contributed by atoms with Crippen LogP contribution in [0.25, 0.3) is 16.7 Å². The average molecular weight is 527 g/mol. The molecule has 1 amide bonds. The number of nitrogens with one attached hydrogen (secondary N) is 1. The van der Waals surface area contributed by atoms with E-state index in [4.69, 9.17) is 0 Å². The number of aromatic nitrogens is 2. The number of pyridine rings is 2. The number of rotatable bonds is 4. The van der Waals surface area contributed by atoms with Gasteiger partial charge in [-0.15, -0.1) is 0 Å². The zero-order valence-corrected chi connectivity index (χ0v) is 21.0. The Morgan fingerprint density at radius 2 is 1.87 bits per heavy atom. The Kier molecular flexibility index (Phi) is 4.45. The molecule has 6 nitrogen and oxygen atoms in total. The summed E-state index contributed by atoms with van der Waals surface area (Å²) >= 11 is 0. The Morgan fingerprint density at radius 1 is 1.08 bits per heavy atom. The van der Waals surface area contributed by atoms with Crippen molar-refractivity contribution >= 4 is 22.8 Å². The number of benzene rings is 1. The molecule has 3 bridgehead atoms. The second-order valence-electron chi connectivity index (χ2n) is 12.1. The lowest BCUT2D eigenvalue weighted by atomic mass is 9.54. The first-order chi connectivity index (χ1) is 17.9. The van der Waals surface area contributed by atoms with Gasteiger partial charge in [0.15, 0.2) is 5.65 Å². The summed E-state index contributed by atoms with van der Waals surface area (Å²) in [4.78, 5) is 33.4. The minimum atomic E-state index is -1.68. The molecule has 1 aromatic carbocycles.